The highest BCUT2D eigenvalue weighted by Crippen LogP contribution is 2.17. The van der Waals surface area contributed by atoms with Gasteiger partial charge in [-0.05, 0) is 43.2 Å². The van der Waals surface area contributed by atoms with E-state index in [0.717, 1.165) is 0 Å². The van der Waals surface area contributed by atoms with E-state index in [1.807, 2.05) is 0 Å². The first-order valence-electron chi connectivity index (χ1n) is 6.26. The second-order valence-corrected chi connectivity index (χ2v) is 4.65. The van der Waals surface area contributed by atoms with Crippen LogP contribution in [0.3, 0.4) is 0 Å². The number of rotatable bonds is 3. The number of hydrogen-bond acceptors (Lipinski definition) is 3. The molecule has 1 heterocycles. The molecule has 2 rings (SSSR count). The minimum Gasteiger partial charge on any atom is -0.397 e. The van der Waals surface area contributed by atoms with Gasteiger partial charge >= 0.3 is 0 Å². The lowest BCUT2D eigenvalue weighted by molar-refractivity contribution is 0.0936. The number of aromatic nitrogens is 1. The number of pyridine rings is 1. The number of nitrogens with two attached hydrogens (primary N) is 1. The van der Waals surface area contributed by atoms with Crippen LogP contribution in [0.25, 0.3) is 0 Å². The lowest BCUT2D eigenvalue weighted by Gasteiger charge is -2.15. The van der Waals surface area contributed by atoms with Crippen LogP contribution in [0.1, 0.15) is 34.6 Å². The smallest absolute Gasteiger partial charge is 0.272 e. The van der Waals surface area contributed by atoms with E-state index in [-0.39, 0.29) is 23.5 Å². The molecule has 1 amide bonds. The van der Waals surface area contributed by atoms with E-state index in [1.165, 1.54) is 12.3 Å². The number of anilines is 1. The third-order valence-corrected chi connectivity index (χ3v) is 3.10. The molecule has 0 aliphatic heterocycles. The Morgan fingerprint density at radius 2 is 2.15 bits per heavy atom. The van der Waals surface area contributed by atoms with Crippen LogP contribution < -0.4 is 11.1 Å². The molecule has 0 bridgehead atoms. The van der Waals surface area contributed by atoms with Crippen LogP contribution in [-0.2, 0) is 0 Å². The van der Waals surface area contributed by atoms with E-state index in [9.17, 15) is 9.18 Å². The predicted molar refractivity (Wildman–Crippen MR) is 75.7 cm³/mol. The van der Waals surface area contributed by atoms with Gasteiger partial charge in [-0.2, -0.15) is 0 Å². The molecule has 0 aliphatic rings. The Bertz CT molecular complexity index is 643. The number of hydrogen-bond donors (Lipinski definition) is 2. The van der Waals surface area contributed by atoms with Gasteiger partial charge in [-0.3, -0.25) is 4.79 Å². The van der Waals surface area contributed by atoms with Gasteiger partial charge < -0.3 is 11.1 Å². The Labute approximate surface area is 116 Å². The summed E-state index contributed by atoms with van der Waals surface area (Å²) < 4.78 is 13.5. The zero-order valence-electron chi connectivity index (χ0n) is 11.4. The van der Waals surface area contributed by atoms with Gasteiger partial charge in [0.1, 0.15) is 5.82 Å². The molecular formula is C15H16FN3O. The molecule has 0 fully saturated rings. The molecule has 0 spiro atoms. The molecule has 1 atom stereocenters. The summed E-state index contributed by atoms with van der Waals surface area (Å²) in [6.07, 6.45) is 1.50. The molecule has 0 aliphatic carbocycles. The average molecular weight is 273 g/mol. The van der Waals surface area contributed by atoms with Crippen LogP contribution in [0.15, 0.2) is 36.5 Å². The van der Waals surface area contributed by atoms with Crippen molar-refractivity contribution < 1.29 is 9.18 Å². The first-order valence-corrected chi connectivity index (χ1v) is 6.26. The first kappa shape index (κ1) is 14.0. The molecule has 4 nitrogen and oxygen atoms in total. The Balaban J connectivity index is 2.15. The highest BCUT2D eigenvalue weighted by molar-refractivity contribution is 5.97. The number of nitrogens with zero attached hydrogens (tertiary/aromatic N) is 1. The monoisotopic (exact) mass is 273 g/mol. The molecule has 0 saturated carbocycles. The van der Waals surface area contributed by atoms with Crippen LogP contribution in [0, 0.1) is 12.7 Å². The number of nitrogens with one attached hydrogen (secondary N) is 1. The third-order valence-electron chi connectivity index (χ3n) is 3.10. The van der Waals surface area contributed by atoms with Gasteiger partial charge in [-0.15, -0.1) is 0 Å². The SMILES string of the molecule is Cc1ccc(C(C)NC(=O)c2ncccc2N)cc1F. The van der Waals surface area contributed by atoms with E-state index in [2.05, 4.69) is 10.3 Å². The summed E-state index contributed by atoms with van der Waals surface area (Å²) >= 11 is 0. The van der Waals surface area contributed by atoms with Crippen LogP contribution in [0.2, 0.25) is 0 Å². The van der Waals surface area contributed by atoms with Crippen LogP contribution in [0.4, 0.5) is 10.1 Å². The number of aryl methyl sites for hydroxylation is 1. The molecular weight excluding hydrogens is 257 g/mol. The summed E-state index contributed by atoms with van der Waals surface area (Å²) in [5.41, 5.74) is 7.44. The van der Waals surface area contributed by atoms with Crippen molar-refractivity contribution in [1.29, 1.82) is 0 Å². The van der Waals surface area contributed by atoms with Crippen LogP contribution in [0.5, 0.6) is 0 Å². The fraction of sp³-hybridized carbons (Fsp3) is 0.200. The van der Waals surface area contributed by atoms with Gasteiger partial charge in [0, 0.05) is 6.20 Å². The summed E-state index contributed by atoms with van der Waals surface area (Å²) in [6, 6.07) is 7.82. The number of carbonyl (C=O) groups is 1. The van der Waals surface area contributed by atoms with Crippen molar-refractivity contribution in [1.82, 2.24) is 10.3 Å². The maximum Gasteiger partial charge on any atom is 0.272 e. The number of benzene rings is 1. The predicted octanol–water partition coefficient (Wildman–Crippen LogP) is 2.60. The topological polar surface area (TPSA) is 68.0 Å². The van der Waals surface area contributed by atoms with E-state index in [1.54, 1.807) is 38.1 Å². The zero-order valence-corrected chi connectivity index (χ0v) is 11.4. The van der Waals surface area contributed by atoms with Crippen LogP contribution >= 0.6 is 0 Å². The lowest BCUT2D eigenvalue weighted by Crippen LogP contribution is -2.28. The first-order chi connectivity index (χ1) is 9.49. The number of nitrogen functional groups attached to an aromatic ring is 1. The van der Waals surface area contributed by atoms with Gasteiger partial charge in [0.25, 0.3) is 5.91 Å². The van der Waals surface area contributed by atoms with Crippen LogP contribution in [-0.4, -0.2) is 10.9 Å². The number of halogens is 1. The Kier molecular flexibility index (Phi) is 3.98. The normalized spacial score (nSPS) is 11.9. The summed E-state index contributed by atoms with van der Waals surface area (Å²) in [5.74, 6) is -0.669. The van der Waals surface area contributed by atoms with Crippen molar-refractivity contribution in [3.63, 3.8) is 0 Å². The van der Waals surface area contributed by atoms with Crippen molar-refractivity contribution in [2.24, 2.45) is 0 Å². The molecule has 104 valence electrons. The van der Waals surface area contributed by atoms with Gasteiger partial charge in [0.2, 0.25) is 0 Å². The van der Waals surface area contributed by atoms with E-state index >= 15 is 0 Å². The van der Waals surface area contributed by atoms with Gasteiger partial charge in [-0.1, -0.05) is 12.1 Å². The summed E-state index contributed by atoms with van der Waals surface area (Å²) in [4.78, 5) is 16.0. The van der Waals surface area contributed by atoms with Gasteiger partial charge in [0.05, 0.1) is 11.7 Å². The molecule has 1 unspecified atom stereocenters. The minimum atomic E-state index is -0.378. The zero-order chi connectivity index (χ0) is 14.7. The highest BCUT2D eigenvalue weighted by atomic mass is 19.1. The fourth-order valence-electron chi connectivity index (χ4n) is 1.83. The van der Waals surface area contributed by atoms with E-state index < -0.39 is 0 Å². The molecule has 0 saturated heterocycles. The summed E-state index contributed by atoms with van der Waals surface area (Å²) in [7, 11) is 0. The second kappa shape index (κ2) is 5.69. The Hall–Kier alpha value is -2.43. The van der Waals surface area contributed by atoms with Crippen molar-refractivity contribution in [3.8, 4) is 0 Å². The molecule has 3 N–H and O–H groups in total. The number of amides is 1. The van der Waals surface area contributed by atoms with Crippen molar-refractivity contribution in [3.05, 3.63) is 59.2 Å². The van der Waals surface area contributed by atoms with Crippen molar-refractivity contribution in [2.45, 2.75) is 19.9 Å². The Morgan fingerprint density at radius 1 is 1.40 bits per heavy atom. The van der Waals surface area contributed by atoms with Crippen molar-refractivity contribution >= 4 is 11.6 Å². The standard InChI is InChI=1S/C15H16FN3O/c1-9-5-6-11(8-12(9)16)10(2)19-15(20)14-13(17)4-3-7-18-14/h3-8,10H,17H2,1-2H3,(H,19,20). The highest BCUT2D eigenvalue weighted by Gasteiger charge is 2.15. The molecule has 0 radical (unpaired) electrons. The minimum absolute atomic E-state index is 0.173. The average Bonchev–Trinajstić information content (AvgIpc) is 2.42. The Morgan fingerprint density at radius 3 is 2.80 bits per heavy atom. The van der Waals surface area contributed by atoms with Crippen molar-refractivity contribution in [2.75, 3.05) is 5.73 Å². The fourth-order valence-corrected chi connectivity index (χ4v) is 1.83. The molecule has 2 aromatic rings. The third kappa shape index (κ3) is 2.93. The quantitative estimate of drug-likeness (QED) is 0.903. The lowest BCUT2D eigenvalue weighted by atomic mass is 10.1. The molecule has 20 heavy (non-hydrogen) atoms. The largest absolute Gasteiger partial charge is 0.397 e. The van der Waals surface area contributed by atoms with Gasteiger partial charge in [-0.25, -0.2) is 9.37 Å². The molecule has 1 aromatic carbocycles. The molecule has 1 aromatic heterocycles. The van der Waals surface area contributed by atoms with Gasteiger partial charge in [0.15, 0.2) is 5.69 Å². The molecule has 5 heteroatoms. The second-order valence-electron chi connectivity index (χ2n) is 4.65. The maximum atomic E-state index is 13.5. The van der Waals surface area contributed by atoms with E-state index in [4.69, 9.17) is 5.73 Å². The number of carbonyl (C=O) groups excluding carboxylic acids is 1. The summed E-state index contributed by atoms with van der Waals surface area (Å²) in [6.45, 7) is 3.47. The van der Waals surface area contributed by atoms with E-state index in [0.29, 0.717) is 16.8 Å². The maximum absolute atomic E-state index is 13.5. The summed E-state index contributed by atoms with van der Waals surface area (Å²) in [5, 5.41) is 2.75.